The number of nitrogens with one attached hydrogen (secondary N) is 1. The minimum absolute atomic E-state index is 0.0402. The molecule has 0 heterocycles. The molecule has 0 amide bonds. The molecule has 1 aromatic rings. The van der Waals surface area contributed by atoms with Crippen molar-refractivity contribution in [2.75, 3.05) is 6.54 Å². The molecule has 2 rings (SSSR count). The first-order chi connectivity index (χ1) is 10.3. The Balaban J connectivity index is 2.31. The summed E-state index contributed by atoms with van der Waals surface area (Å²) in [5, 5.41) is 0. The topological polar surface area (TPSA) is 72.2 Å². The van der Waals surface area contributed by atoms with Gasteiger partial charge < -0.3 is 5.73 Å². The molecule has 1 aliphatic carbocycles. The van der Waals surface area contributed by atoms with Crippen molar-refractivity contribution in [2.45, 2.75) is 42.8 Å². The van der Waals surface area contributed by atoms with Crippen molar-refractivity contribution in [1.29, 1.82) is 0 Å². The number of hydrogen-bond acceptors (Lipinski definition) is 3. The van der Waals surface area contributed by atoms with Gasteiger partial charge in [0.1, 0.15) is 0 Å². The zero-order valence-corrected chi connectivity index (χ0v) is 12.8. The van der Waals surface area contributed by atoms with Gasteiger partial charge in [0.05, 0.1) is 10.5 Å². The van der Waals surface area contributed by atoms with Crippen molar-refractivity contribution in [2.24, 2.45) is 11.7 Å². The van der Waals surface area contributed by atoms with Crippen LogP contribution in [-0.4, -0.2) is 21.0 Å². The maximum Gasteiger partial charge on any atom is 0.417 e. The molecule has 1 aromatic carbocycles. The molecule has 0 aliphatic heterocycles. The standard InChI is InChI=1S/C14H19F3N2O2S/c15-14(16,17)11-6-2-4-8-13(11)22(20,21)19-12-7-3-1-5-10(12)9-18/h2,4,6,8,10,12,19H,1,3,5,7,9,18H2. The summed E-state index contributed by atoms with van der Waals surface area (Å²) in [4.78, 5) is -0.733. The summed E-state index contributed by atoms with van der Waals surface area (Å²) < 4.78 is 66.1. The average molecular weight is 336 g/mol. The third kappa shape index (κ3) is 3.80. The number of hydrogen-bond donors (Lipinski definition) is 2. The fraction of sp³-hybridized carbons (Fsp3) is 0.571. The van der Waals surface area contributed by atoms with E-state index in [4.69, 9.17) is 5.73 Å². The molecule has 8 heteroatoms. The Bertz CT molecular complexity index is 617. The van der Waals surface area contributed by atoms with Gasteiger partial charge in [-0.2, -0.15) is 13.2 Å². The van der Waals surface area contributed by atoms with Gasteiger partial charge in [-0.25, -0.2) is 13.1 Å². The largest absolute Gasteiger partial charge is 0.417 e. The predicted molar refractivity (Wildman–Crippen MR) is 76.6 cm³/mol. The number of halogens is 3. The van der Waals surface area contributed by atoms with E-state index in [0.717, 1.165) is 31.4 Å². The monoisotopic (exact) mass is 336 g/mol. The highest BCUT2D eigenvalue weighted by atomic mass is 32.2. The number of rotatable bonds is 4. The smallest absolute Gasteiger partial charge is 0.330 e. The Morgan fingerprint density at radius 1 is 1.18 bits per heavy atom. The van der Waals surface area contributed by atoms with Gasteiger partial charge in [-0.05, 0) is 37.4 Å². The fourth-order valence-electron chi connectivity index (χ4n) is 2.84. The molecule has 2 unspecified atom stereocenters. The first kappa shape index (κ1) is 17.2. The van der Waals surface area contributed by atoms with E-state index in [1.54, 1.807) is 0 Å². The highest BCUT2D eigenvalue weighted by Crippen LogP contribution is 2.34. The van der Waals surface area contributed by atoms with Crippen molar-refractivity contribution < 1.29 is 21.6 Å². The lowest BCUT2D eigenvalue weighted by atomic mass is 9.85. The number of sulfonamides is 1. The van der Waals surface area contributed by atoms with Crippen LogP contribution in [0, 0.1) is 5.92 Å². The van der Waals surface area contributed by atoms with Gasteiger partial charge in [-0.1, -0.05) is 25.0 Å². The van der Waals surface area contributed by atoms with E-state index in [9.17, 15) is 21.6 Å². The van der Waals surface area contributed by atoms with Gasteiger partial charge in [0, 0.05) is 6.04 Å². The molecule has 0 bridgehead atoms. The van der Waals surface area contributed by atoms with Crippen molar-refractivity contribution in [3.8, 4) is 0 Å². The third-order valence-corrected chi connectivity index (χ3v) is 5.55. The summed E-state index contributed by atoms with van der Waals surface area (Å²) in [6, 6.07) is 3.79. The highest BCUT2D eigenvalue weighted by molar-refractivity contribution is 7.89. The van der Waals surface area contributed by atoms with Crippen LogP contribution in [0.5, 0.6) is 0 Å². The van der Waals surface area contributed by atoms with Gasteiger partial charge in [0.2, 0.25) is 10.0 Å². The molecule has 1 saturated carbocycles. The number of nitrogens with two attached hydrogens (primary N) is 1. The van der Waals surface area contributed by atoms with Gasteiger partial charge in [-0.15, -0.1) is 0 Å². The lowest BCUT2D eigenvalue weighted by molar-refractivity contribution is -0.139. The van der Waals surface area contributed by atoms with Crippen LogP contribution in [0.25, 0.3) is 0 Å². The van der Waals surface area contributed by atoms with E-state index in [0.29, 0.717) is 13.0 Å². The lowest BCUT2D eigenvalue weighted by Crippen LogP contribution is -2.45. The molecule has 4 nitrogen and oxygen atoms in total. The van der Waals surface area contributed by atoms with Gasteiger partial charge in [-0.3, -0.25) is 0 Å². The van der Waals surface area contributed by atoms with Crippen molar-refractivity contribution >= 4 is 10.0 Å². The van der Waals surface area contributed by atoms with Crippen LogP contribution in [0.15, 0.2) is 29.2 Å². The van der Waals surface area contributed by atoms with Crippen LogP contribution in [0.4, 0.5) is 13.2 Å². The van der Waals surface area contributed by atoms with Crippen LogP contribution in [-0.2, 0) is 16.2 Å². The van der Waals surface area contributed by atoms with Crippen molar-refractivity contribution in [3.63, 3.8) is 0 Å². The van der Waals surface area contributed by atoms with E-state index < -0.39 is 32.7 Å². The summed E-state index contributed by atoms with van der Waals surface area (Å²) in [5.41, 5.74) is 4.49. The molecule has 124 valence electrons. The fourth-order valence-corrected chi connectivity index (χ4v) is 4.41. The second-order valence-electron chi connectivity index (χ2n) is 5.50. The van der Waals surface area contributed by atoms with E-state index in [1.807, 2.05) is 0 Å². The highest BCUT2D eigenvalue weighted by Gasteiger charge is 2.38. The molecule has 0 radical (unpaired) electrons. The number of alkyl halides is 3. The van der Waals surface area contributed by atoms with E-state index in [1.165, 1.54) is 12.1 Å². The second-order valence-corrected chi connectivity index (χ2v) is 7.18. The second kappa shape index (κ2) is 6.55. The van der Waals surface area contributed by atoms with Crippen LogP contribution in [0.2, 0.25) is 0 Å². The molecule has 1 fully saturated rings. The Kier molecular flexibility index (Phi) is 5.14. The van der Waals surface area contributed by atoms with E-state index in [-0.39, 0.29) is 5.92 Å². The quantitative estimate of drug-likeness (QED) is 0.887. The number of benzene rings is 1. The van der Waals surface area contributed by atoms with Crippen molar-refractivity contribution in [1.82, 2.24) is 4.72 Å². The van der Waals surface area contributed by atoms with Crippen LogP contribution < -0.4 is 10.5 Å². The molecule has 22 heavy (non-hydrogen) atoms. The minimum Gasteiger partial charge on any atom is -0.330 e. The SMILES string of the molecule is NCC1CCCCC1NS(=O)(=O)c1ccccc1C(F)(F)F. The average Bonchev–Trinajstić information content (AvgIpc) is 2.46. The normalized spacial score (nSPS) is 23.5. The third-order valence-electron chi connectivity index (χ3n) is 4.00. The van der Waals surface area contributed by atoms with E-state index in [2.05, 4.69) is 4.72 Å². The Morgan fingerprint density at radius 3 is 2.45 bits per heavy atom. The maximum absolute atomic E-state index is 13.0. The summed E-state index contributed by atoms with van der Waals surface area (Å²) >= 11 is 0. The molecule has 2 atom stereocenters. The van der Waals surface area contributed by atoms with Gasteiger partial charge >= 0.3 is 6.18 Å². The summed E-state index contributed by atoms with van der Waals surface area (Å²) in [6.45, 7) is 0.314. The molecular weight excluding hydrogens is 317 g/mol. The van der Waals surface area contributed by atoms with Crippen LogP contribution in [0.1, 0.15) is 31.2 Å². The zero-order valence-electron chi connectivity index (χ0n) is 11.9. The molecule has 0 aromatic heterocycles. The molecule has 0 spiro atoms. The Morgan fingerprint density at radius 2 is 1.82 bits per heavy atom. The maximum atomic E-state index is 13.0. The lowest BCUT2D eigenvalue weighted by Gasteiger charge is -2.31. The molecule has 3 N–H and O–H groups in total. The van der Waals surface area contributed by atoms with Crippen molar-refractivity contribution in [3.05, 3.63) is 29.8 Å². The van der Waals surface area contributed by atoms with Gasteiger partial charge in [0.15, 0.2) is 0 Å². The minimum atomic E-state index is -4.72. The zero-order chi connectivity index (χ0) is 16.4. The Hall–Kier alpha value is -1.12. The molecule has 0 saturated heterocycles. The first-order valence-electron chi connectivity index (χ1n) is 7.14. The molecule has 1 aliphatic rings. The summed E-state index contributed by atoms with van der Waals surface area (Å²) in [7, 11) is -4.24. The summed E-state index contributed by atoms with van der Waals surface area (Å²) in [6.07, 6.45) is -1.55. The van der Waals surface area contributed by atoms with Crippen LogP contribution in [0.3, 0.4) is 0 Å². The molecular formula is C14H19F3N2O2S. The Labute approximate surface area is 127 Å². The van der Waals surface area contributed by atoms with Crippen LogP contribution >= 0.6 is 0 Å². The predicted octanol–water partition coefficient (Wildman–Crippen LogP) is 2.50. The first-order valence-corrected chi connectivity index (χ1v) is 8.62. The van der Waals surface area contributed by atoms with Gasteiger partial charge in [0.25, 0.3) is 0 Å². The van der Waals surface area contributed by atoms with E-state index >= 15 is 0 Å². The summed E-state index contributed by atoms with van der Waals surface area (Å²) in [5.74, 6) is -0.0402.